The molecular weight excluding hydrogens is 312 g/mol. The molecule has 1 aromatic heterocycles. The van der Waals surface area contributed by atoms with E-state index in [4.69, 9.17) is 0 Å². The minimum Gasteiger partial charge on any atom is -0.341 e. The van der Waals surface area contributed by atoms with Crippen LogP contribution in [0.3, 0.4) is 0 Å². The predicted molar refractivity (Wildman–Crippen MR) is 87.6 cm³/mol. The van der Waals surface area contributed by atoms with Crippen molar-refractivity contribution in [3.8, 4) is 0 Å². The second kappa shape index (κ2) is 6.38. The van der Waals surface area contributed by atoms with Gasteiger partial charge in [0.05, 0.1) is 22.2 Å². The van der Waals surface area contributed by atoms with Crippen LogP contribution in [0.1, 0.15) is 19.8 Å². The van der Waals surface area contributed by atoms with E-state index in [0.29, 0.717) is 24.5 Å². The van der Waals surface area contributed by atoms with E-state index in [-0.39, 0.29) is 23.5 Å². The van der Waals surface area contributed by atoms with Gasteiger partial charge in [0.15, 0.2) is 0 Å². The molecule has 1 unspecified atom stereocenters. The molecule has 2 heterocycles. The monoisotopic (exact) mass is 330 g/mol. The Kier molecular flexibility index (Phi) is 4.28. The first kappa shape index (κ1) is 16.1. The number of carbonyl (C=O) groups is 1. The summed E-state index contributed by atoms with van der Waals surface area (Å²) in [6.45, 7) is 3.39. The Hall–Kier alpha value is -2.77. The number of likely N-dealkylation sites (tertiary alicyclic amines) is 1. The van der Waals surface area contributed by atoms with Gasteiger partial charge in [-0.15, -0.1) is 0 Å². The average Bonchev–Trinajstić information content (AvgIpc) is 2.57. The lowest BCUT2D eigenvalue weighted by molar-refractivity contribution is -0.384. The summed E-state index contributed by atoms with van der Waals surface area (Å²) >= 11 is 0. The molecule has 2 aromatic rings. The van der Waals surface area contributed by atoms with Gasteiger partial charge in [-0.05, 0) is 24.8 Å². The number of amides is 1. The number of fused-ring (bicyclic) bond motifs is 1. The molecular formula is C16H18N4O4. The van der Waals surface area contributed by atoms with Crippen molar-refractivity contribution in [2.45, 2.75) is 26.3 Å². The van der Waals surface area contributed by atoms with Crippen LogP contribution in [0, 0.1) is 16.0 Å². The Labute approximate surface area is 137 Å². The molecule has 1 amide bonds. The third kappa shape index (κ3) is 3.12. The van der Waals surface area contributed by atoms with Crippen LogP contribution in [0.5, 0.6) is 0 Å². The fraction of sp³-hybridized carbons (Fsp3) is 0.438. The van der Waals surface area contributed by atoms with Crippen molar-refractivity contribution < 1.29 is 9.72 Å². The summed E-state index contributed by atoms with van der Waals surface area (Å²) in [4.78, 5) is 41.1. The summed E-state index contributed by atoms with van der Waals surface area (Å²) in [5, 5.41) is 11.0. The van der Waals surface area contributed by atoms with Crippen LogP contribution in [0.4, 0.5) is 5.69 Å². The maximum absolute atomic E-state index is 12.5. The highest BCUT2D eigenvalue weighted by Gasteiger charge is 2.21. The number of carbonyl (C=O) groups excluding carboxylic acids is 1. The van der Waals surface area contributed by atoms with Crippen LogP contribution < -0.4 is 5.56 Å². The van der Waals surface area contributed by atoms with Crippen molar-refractivity contribution >= 4 is 22.5 Å². The number of non-ortho nitro benzene ring substituents is 1. The van der Waals surface area contributed by atoms with Gasteiger partial charge in [-0.1, -0.05) is 6.92 Å². The van der Waals surface area contributed by atoms with Gasteiger partial charge in [-0.25, -0.2) is 4.98 Å². The fourth-order valence-corrected chi connectivity index (χ4v) is 3.03. The number of rotatable bonds is 3. The molecule has 0 radical (unpaired) electrons. The number of nitro benzene ring substituents is 1. The zero-order valence-electron chi connectivity index (χ0n) is 13.3. The van der Waals surface area contributed by atoms with Crippen molar-refractivity contribution in [1.82, 2.24) is 14.5 Å². The number of aromatic nitrogens is 2. The summed E-state index contributed by atoms with van der Waals surface area (Å²) in [5.74, 6) is 0.326. The molecule has 8 heteroatoms. The van der Waals surface area contributed by atoms with Crippen molar-refractivity contribution in [3.63, 3.8) is 0 Å². The normalized spacial score (nSPS) is 17.9. The van der Waals surface area contributed by atoms with Gasteiger partial charge in [0.1, 0.15) is 6.54 Å². The summed E-state index contributed by atoms with van der Waals surface area (Å²) in [7, 11) is 0. The van der Waals surface area contributed by atoms with Gasteiger partial charge in [0.2, 0.25) is 5.91 Å². The molecule has 0 bridgehead atoms. The van der Waals surface area contributed by atoms with Gasteiger partial charge in [-0.2, -0.15) is 0 Å². The first-order valence-corrected chi connectivity index (χ1v) is 7.87. The zero-order chi connectivity index (χ0) is 17.3. The predicted octanol–water partition coefficient (Wildman–Crippen LogP) is 1.56. The van der Waals surface area contributed by atoms with Gasteiger partial charge in [-0.3, -0.25) is 24.3 Å². The summed E-state index contributed by atoms with van der Waals surface area (Å²) < 4.78 is 1.22. The Bertz CT molecular complexity index is 861. The molecule has 1 atom stereocenters. The van der Waals surface area contributed by atoms with E-state index < -0.39 is 10.5 Å². The quantitative estimate of drug-likeness (QED) is 0.628. The maximum atomic E-state index is 12.5. The molecule has 126 valence electrons. The standard InChI is InChI=1S/C16H18N4O4/c1-11-3-2-6-18(8-11)15(21)9-19-10-17-14-5-4-12(20(23)24)7-13(14)16(19)22/h4-5,7,10-11H,2-3,6,8-9H2,1H3. The Morgan fingerprint density at radius 3 is 2.96 bits per heavy atom. The van der Waals surface area contributed by atoms with Crippen LogP contribution >= 0.6 is 0 Å². The van der Waals surface area contributed by atoms with Crippen molar-refractivity contribution in [2.75, 3.05) is 13.1 Å². The highest BCUT2D eigenvalue weighted by Crippen LogP contribution is 2.17. The van der Waals surface area contributed by atoms with Crippen molar-refractivity contribution in [1.29, 1.82) is 0 Å². The Balaban J connectivity index is 1.89. The van der Waals surface area contributed by atoms with Gasteiger partial charge >= 0.3 is 0 Å². The van der Waals surface area contributed by atoms with E-state index in [1.807, 2.05) is 0 Å². The van der Waals surface area contributed by atoms with Gasteiger partial charge < -0.3 is 4.90 Å². The van der Waals surface area contributed by atoms with Crippen LogP contribution in [0.2, 0.25) is 0 Å². The molecule has 24 heavy (non-hydrogen) atoms. The highest BCUT2D eigenvalue weighted by molar-refractivity contribution is 5.81. The van der Waals surface area contributed by atoms with E-state index >= 15 is 0 Å². The topological polar surface area (TPSA) is 98.3 Å². The molecule has 8 nitrogen and oxygen atoms in total. The highest BCUT2D eigenvalue weighted by atomic mass is 16.6. The van der Waals surface area contributed by atoms with E-state index in [1.54, 1.807) is 4.90 Å². The van der Waals surface area contributed by atoms with Crippen LogP contribution in [0.15, 0.2) is 29.3 Å². The SMILES string of the molecule is CC1CCCN(C(=O)Cn2cnc3ccc([N+](=O)[O-])cc3c2=O)C1. The molecule has 0 N–H and O–H groups in total. The molecule has 1 aromatic carbocycles. The second-order valence-corrected chi connectivity index (χ2v) is 6.22. The molecule has 0 saturated carbocycles. The number of nitrogens with zero attached hydrogens (tertiary/aromatic N) is 4. The average molecular weight is 330 g/mol. The Morgan fingerprint density at radius 2 is 2.25 bits per heavy atom. The molecule has 3 rings (SSSR count). The zero-order valence-corrected chi connectivity index (χ0v) is 13.3. The molecule has 0 spiro atoms. The second-order valence-electron chi connectivity index (χ2n) is 6.22. The summed E-state index contributed by atoms with van der Waals surface area (Å²) in [6.07, 6.45) is 3.39. The third-order valence-corrected chi connectivity index (χ3v) is 4.33. The number of nitro groups is 1. The van der Waals surface area contributed by atoms with Gasteiger partial charge in [0.25, 0.3) is 11.2 Å². The number of hydrogen-bond donors (Lipinski definition) is 0. The summed E-state index contributed by atoms with van der Waals surface area (Å²) in [6, 6.07) is 3.95. The van der Waals surface area contributed by atoms with E-state index in [0.717, 1.165) is 12.8 Å². The van der Waals surface area contributed by atoms with Crippen molar-refractivity contribution in [2.24, 2.45) is 5.92 Å². The van der Waals surface area contributed by atoms with Gasteiger partial charge in [0, 0.05) is 25.2 Å². The van der Waals surface area contributed by atoms with E-state index in [1.165, 1.54) is 29.1 Å². The maximum Gasteiger partial charge on any atom is 0.270 e. The van der Waals surface area contributed by atoms with Crippen molar-refractivity contribution in [3.05, 3.63) is 45.0 Å². The Morgan fingerprint density at radius 1 is 1.46 bits per heavy atom. The van der Waals surface area contributed by atoms with E-state index in [9.17, 15) is 19.7 Å². The summed E-state index contributed by atoms with van der Waals surface area (Å²) in [5.41, 5.74) is -0.238. The number of hydrogen-bond acceptors (Lipinski definition) is 5. The van der Waals surface area contributed by atoms with E-state index in [2.05, 4.69) is 11.9 Å². The molecule has 1 fully saturated rings. The lowest BCUT2D eigenvalue weighted by Gasteiger charge is -2.31. The lowest BCUT2D eigenvalue weighted by Crippen LogP contribution is -2.42. The first-order chi connectivity index (χ1) is 11.5. The first-order valence-electron chi connectivity index (χ1n) is 7.87. The molecule has 1 aliphatic heterocycles. The van der Waals surface area contributed by atoms with Crippen LogP contribution in [-0.4, -0.2) is 38.4 Å². The fourth-order valence-electron chi connectivity index (χ4n) is 3.03. The van der Waals surface area contributed by atoms with Crippen LogP contribution in [0.25, 0.3) is 10.9 Å². The molecule has 1 saturated heterocycles. The molecule has 0 aliphatic carbocycles. The number of piperidine rings is 1. The minimum absolute atomic E-state index is 0.100. The number of benzene rings is 1. The smallest absolute Gasteiger partial charge is 0.270 e. The third-order valence-electron chi connectivity index (χ3n) is 4.33. The minimum atomic E-state index is -0.559. The molecule has 1 aliphatic rings. The largest absolute Gasteiger partial charge is 0.341 e. The van der Waals surface area contributed by atoms with Crippen LogP contribution in [-0.2, 0) is 11.3 Å². The lowest BCUT2D eigenvalue weighted by atomic mass is 10.0.